The molecular weight excluding hydrogens is 532 g/mol. The van der Waals surface area contributed by atoms with Crippen LogP contribution >= 0.6 is 0 Å². The molecule has 40 heavy (non-hydrogen) atoms. The highest BCUT2D eigenvalue weighted by atomic mass is 19.4. The minimum atomic E-state index is -4.51. The summed E-state index contributed by atoms with van der Waals surface area (Å²) in [6.45, 7) is 3.74. The topological polar surface area (TPSA) is 108 Å². The molecule has 1 aliphatic heterocycles. The average molecular weight is 561 g/mol. The van der Waals surface area contributed by atoms with Crippen LogP contribution in [-0.4, -0.2) is 68.5 Å². The molecule has 0 saturated carbocycles. The van der Waals surface area contributed by atoms with Gasteiger partial charge in [-0.3, -0.25) is 14.1 Å². The van der Waals surface area contributed by atoms with E-state index in [2.05, 4.69) is 15.2 Å². The first-order valence-corrected chi connectivity index (χ1v) is 12.8. The predicted molar refractivity (Wildman–Crippen MR) is 138 cm³/mol. The van der Waals surface area contributed by atoms with Gasteiger partial charge < -0.3 is 15.2 Å². The second kappa shape index (κ2) is 11.0. The van der Waals surface area contributed by atoms with Crippen molar-refractivity contribution in [2.24, 2.45) is 5.73 Å². The number of rotatable bonds is 8. The van der Waals surface area contributed by atoms with E-state index in [1.54, 1.807) is 26.0 Å². The SMILES string of the molecule is CC(C)OC(=O)CCOc1cc2nc(-c3nnc4ccc([C@@H](N5CC[C@H](N)C5)C(F)(F)F)cn34)ccc2cc1F. The first-order valence-electron chi connectivity index (χ1n) is 12.8. The average Bonchev–Trinajstić information content (AvgIpc) is 3.49. The molecule has 4 heterocycles. The number of alkyl halides is 3. The zero-order valence-corrected chi connectivity index (χ0v) is 21.9. The normalized spacial score (nSPS) is 17.1. The Hall–Kier alpha value is -3.84. The number of nitrogens with two attached hydrogens (primary N) is 1. The quantitative estimate of drug-likeness (QED) is 0.249. The molecule has 1 saturated heterocycles. The lowest BCUT2D eigenvalue weighted by Crippen LogP contribution is -2.38. The van der Waals surface area contributed by atoms with Crippen LogP contribution in [0.15, 0.2) is 42.6 Å². The Balaban J connectivity index is 1.45. The summed E-state index contributed by atoms with van der Waals surface area (Å²) in [6, 6.07) is 6.60. The van der Waals surface area contributed by atoms with Crippen molar-refractivity contribution in [1.82, 2.24) is 24.5 Å². The molecule has 2 atom stereocenters. The number of hydrogen-bond donors (Lipinski definition) is 1. The highest BCUT2D eigenvalue weighted by Crippen LogP contribution is 2.39. The van der Waals surface area contributed by atoms with Gasteiger partial charge in [0.05, 0.1) is 24.6 Å². The Morgan fingerprint density at radius 3 is 2.67 bits per heavy atom. The molecule has 0 unspecified atom stereocenters. The summed E-state index contributed by atoms with van der Waals surface area (Å²) >= 11 is 0. The molecule has 1 aromatic carbocycles. The summed E-state index contributed by atoms with van der Waals surface area (Å²) in [7, 11) is 0. The number of carbonyl (C=O) groups excluding carboxylic acids is 1. The molecule has 1 fully saturated rings. The van der Waals surface area contributed by atoms with E-state index in [4.69, 9.17) is 15.2 Å². The van der Waals surface area contributed by atoms with Gasteiger partial charge in [0, 0.05) is 36.8 Å². The smallest absolute Gasteiger partial charge is 0.408 e. The standard InChI is InChI=1S/C27H28F4N6O3/c1-15(2)40-24(38)8-10-39-22-12-21-16(11-19(22)28)3-5-20(33-21)26-35-34-23-6-4-17(13-37(23)26)25(27(29,30)31)36-9-7-18(32)14-36/h3-6,11-13,15,18,25H,7-10,14,32H2,1-2H3/t18-,25+/m0/s1. The van der Waals surface area contributed by atoms with Crippen molar-refractivity contribution in [2.45, 2.75) is 51.1 Å². The van der Waals surface area contributed by atoms with E-state index in [9.17, 15) is 22.4 Å². The maximum atomic E-state index is 14.6. The fourth-order valence-electron chi connectivity index (χ4n) is 4.83. The number of benzene rings is 1. The lowest BCUT2D eigenvalue weighted by Gasteiger charge is -2.30. The van der Waals surface area contributed by atoms with Gasteiger partial charge in [0.15, 0.2) is 23.0 Å². The second-order valence-electron chi connectivity index (χ2n) is 10.0. The zero-order valence-electron chi connectivity index (χ0n) is 21.9. The summed E-state index contributed by atoms with van der Waals surface area (Å²) in [5.41, 5.74) is 6.95. The van der Waals surface area contributed by atoms with E-state index in [1.165, 1.54) is 39.8 Å². The lowest BCUT2D eigenvalue weighted by molar-refractivity contribution is -0.183. The molecule has 3 aromatic heterocycles. The molecule has 9 nitrogen and oxygen atoms in total. The maximum Gasteiger partial charge on any atom is 0.408 e. The number of fused-ring (bicyclic) bond motifs is 2. The van der Waals surface area contributed by atoms with Gasteiger partial charge in [-0.15, -0.1) is 10.2 Å². The molecule has 2 N–H and O–H groups in total. The third-order valence-electron chi connectivity index (χ3n) is 6.58. The summed E-state index contributed by atoms with van der Waals surface area (Å²) in [6.07, 6.45) is -2.98. The molecule has 5 rings (SSSR count). The van der Waals surface area contributed by atoms with E-state index in [-0.39, 0.29) is 55.4 Å². The number of hydrogen-bond acceptors (Lipinski definition) is 8. The molecule has 0 radical (unpaired) electrons. The van der Waals surface area contributed by atoms with Gasteiger partial charge >= 0.3 is 12.1 Å². The minimum absolute atomic E-state index is 0.0321. The minimum Gasteiger partial charge on any atom is -0.490 e. The third-order valence-corrected chi connectivity index (χ3v) is 6.58. The molecule has 0 spiro atoms. The van der Waals surface area contributed by atoms with Crippen molar-refractivity contribution >= 4 is 22.5 Å². The van der Waals surface area contributed by atoms with Crippen molar-refractivity contribution in [3.05, 3.63) is 54.0 Å². The summed E-state index contributed by atoms with van der Waals surface area (Å²) < 4.78 is 69.1. The number of esters is 1. The van der Waals surface area contributed by atoms with E-state index < -0.39 is 24.0 Å². The molecule has 0 bridgehead atoms. The van der Waals surface area contributed by atoms with Gasteiger partial charge in [0.2, 0.25) is 0 Å². The summed E-state index contributed by atoms with van der Waals surface area (Å²) in [4.78, 5) is 17.6. The fraction of sp³-hybridized carbons (Fsp3) is 0.407. The van der Waals surface area contributed by atoms with Gasteiger partial charge in [-0.2, -0.15) is 13.2 Å². The van der Waals surface area contributed by atoms with Crippen LogP contribution in [0.25, 0.3) is 28.1 Å². The van der Waals surface area contributed by atoms with E-state index in [1.807, 2.05) is 0 Å². The van der Waals surface area contributed by atoms with E-state index in [0.717, 1.165) is 0 Å². The van der Waals surface area contributed by atoms with Crippen LogP contribution in [0.5, 0.6) is 5.75 Å². The van der Waals surface area contributed by atoms with Crippen molar-refractivity contribution < 1.29 is 31.8 Å². The first-order chi connectivity index (χ1) is 19.0. The number of nitrogens with zero attached hydrogens (tertiary/aromatic N) is 5. The lowest BCUT2D eigenvalue weighted by atomic mass is 10.1. The Morgan fingerprint density at radius 2 is 1.98 bits per heavy atom. The van der Waals surface area contributed by atoms with Crippen LogP contribution in [0.1, 0.15) is 38.3 Å². The summed E-state index contributed by atoms with van der Waals surface area (Å²) in [5.74, 6) is -0.965. The van der Waals surface area contributed by atoms with E-state index >= 15 is 0 Å². The fourth-order valence-corrected chi connectivity index (χ4v) is 4.83. The number of halogens is 4. The molecule has 0 aliphatic carbocycles. The number of pyridine rings is 2. The van der Waals surface area contributed by atoms with Crippen molar-refractivity contribution in [3.63, 3.8) is 0 Å². The Labute approximate surface area is 226 Å². The van der Waals surface area contributed by atoms with Crippen LogP contribution in [0.3, 0.4) is 0 Å². The van der Waals surface area contributed by atoms with Gasteiger partial charge in [0.25, 0.3) is 0 Å². The van der Waals surface area contributed by atoms with Crippen LogP contribution in [0.2, 0.25) is 0 Å². The molecule has 1 aliphatic rings. The molecule has 212 valence electrons. The maximum absolute atomic E-state index is 14.6. The van der Waals surface area contributed by atoms with E-state index in [0.29, 0.717) is 28.7 Å². The monoisotopic (exact) mass is 560 g/mol. The van der Waals surface area contributed by atoms with Crippen LogP contribution in [0, 0.1) is 5.82 Å². The van der Waals surface area contributed by atoms with Gasteiger partial charge in [-0.25, -0.2) is 9.37 Å². The molecule has 13 heteroatoms. The Kier molecular flexibility index (Phi) is 7.60. The van der Waals surface area contributed by atoms with Gasteiger partial charge in [0.1, 0.15) is 11.7 Å². The van der Waals surface area contributed by atoms with Gasteiger partial charge in [-0.05, 0) is 44.0 Å². The third kappa shape index (κ3) is 5.85. The number of aromatic nitrogens is 4. The molecule has 4 aromatic rings. The highest BCUT2D eigenvalue weighted by molar-refractivity contribution is 5.82. The van der Waals surface area contributed by atoms with Crippen molar-refractivity contribution in [1.29, 1.82) is 0 Å². The molecule has 0 amide bonds. The Bertz CT molecular complexity index is 1540. The van der Waals surface area contributed by atoms with Crippen LogP contribution in [0.4, 0.5) is 17.6 Å². The van der Waals surface area contributed by atoms with Crippen LogP contribution in [-0.2, 0) is 9.53 Å². The van der Waals surface area contributed by atoms with Crippen LogP contribution < -0.4 is 10.5 Å². The second-order valence-corrected chi connectivity index (χ2v) is 10.0. The highest BCUT2D eigenvalue weighted by Gasteiger charge is 2.46. The number of likely N-dealkylation sites (tertiary alicyclic amines) is 1. The summed E-state index contributed by atoms with van der Waals surface area (Å²) in [5, 5.41) is 8.72. The largest absolute Gasteiger partial charge is 0.490 e. The molecular formula is C27H28F4N6O3. The zero-order chi connectivity index (χ0) is 28.6. The first kappa shape index (κ1) is 27.7. The predicted octanol–water partition coefficient (Wildman–Crippen LogP) is 4.44. The van der Waals surface area contributed by atoms with Crippen molar-refractivity contribution in [3.8, 4) is 17.3 Å². The van der Waals surface area contributed by atoms with Gasteiger partial charge in [-0.1, -0.05) is 12.1 Å². The Morgan fingerprint density at radius 1 is 1.18 bits per heavy atom. The van der Waals surface area contributed by atoms with Crippen molar-refractivity contribution in [2.75, 3.05) is 19.7 Å². The number of ether oxygens (including phenoxy) is 2. The number of carbonyl (C=O) groups is 1.